The van der Waals surface area contributed by atoms with Crippen molar-refractivity contribution in [2.75, 3.05) is 19.6 Å². The Morgan fingerprint density at radius 1 is 1.25 bits per heavy atom. The van der Waals surface area contributed by atoms with E-state index < -0.39 is 0 Å². The van der Waals surface area contributed by atoms with Gasteiger partial charge in [-0.05, 0) is 57.2 Å². The summed E-state index contributed by atoms with van der Waals surface area (Å²) < 4.78 is 5.12. The molecule has 1 saturated carbocycles. The molecule has 2 aliphatic rings. The molecular formula is C22H28ClN3O2. The number of likely N-dealkylation sites (tertiary alicyclic amines) is 1. The number of carbonyl (C=O) groups excluding carboxylic acids is 1. The van der Waals surface area contributed by atoms with Gasteiger partial charge in [-0.15, -0.1) is 0 Å². The lowest BCUT2D eigenvalue weighted by Gasteiger charge is -2.47. The zero-order valence-electron chi connectivity index (χ0n) is 16.6. The van der Waals surface area contributed by atoms with Gasteiger partial charge in [0, 0.05) is 36.1 Å². The third kappa shape index (κ3) is 3.83. The van der Waals surface area contributed by atoms with Crippen molar-refractivity contribution in [3.63, 3.8) is 0 Å². The average Bonchev–Trinajstić information content (AvgIpc) is 2.99. The molecule has 5 nitrogen and oxygen atoms in total. The van der Waals surface area contributed by atoms with Crippen LogP contribution in [0.4, 0.5) is 0 Å². The molecule has 6 heteroatoms. The molecule has 0 bridgehead atoms. The number of aromatic nitrogens is 1. The van der Waals surface area contributed by atoms with Crippen LogP contribution in [0.2, 0.25) is 5.02 Å². The van der Waals surface area contributed by atoms with Gasteiger partial charge in [0.1, 0.15) is 11.3 Å². The molecule has 0 atom stereocenters. The molecule has 1 aromatic carbocycles. The first-order chi connectivity index (χ1) is 13.5. The smallest absolute Gasteiger partial charge is 0.257 e. The van der Waals surface area contributed by atoms with Crippen molar-refractivity contribution in [2.24, 2.45) is 0 Å². The Labute approximate surface area is 171 Å². The first kappa shape index (κ1) is 19.5. The SMILES string of the molecule is Cc1noc(C)c1C(=O)NC1CCN(CC2(c3ccc(Cl)cc3)CCC2)CC1. The number of hydrogen-bond acceptors (Lipinski definition) is 4. The fraction of sp³-hybridized carbons (Fsp3) is 0.545. The largest absolute Gasteiger partial charge is 0.361 e. The van der Waals surface area contributed by atoms with Crippen molar-refractivity contribution >= 4 is 17.5 Å². The molecule has 1 N–H and O–H groups in total. The molecular weight excluding hydrogens is 374 g/mol. The topological polar surface area (TPSA) is 58.4 Å². The first-order valence-corrected chi connectivity index (χ1v) is 10.6. The third-order valence-corrected chi connectivity index (χ3v) is 6.73. The highest BCUT2D eigenvalue weighted by Crippen LogP contribution is 2.44. The quantitative estimate of drug-likeness (QED) is 0.813. The Kier molecular flexibility index (Phi) is 5.48. The predicted molar refractivity (Wildman–Crippen MR) is 110 cm³/mol. The van der Waals surface area contributed by atoms with E-state index in [1.54, 1.807) is 6.92 Å². The molecule has 0 unspecified atom stereocenters. The van der Waals surface area contributed by atoms with Crippen LogP contribution in [-0.4, -0.2) is 41.6 Å². The van der Waals surface area contributed by atoms with Crippen molar-refractivity contribution in [3.8, 4) is 0 Å². The van der Waals surface area contributed by atoms with Crippen LogP contribution in [0.1, 0.15) is 59.5 Å². The van der Waals surface area contributed by atoms with Gasteiger partial charge in [-0.25, -0.2) is 0 Å². The number of aryl methyl sites for hydroxylation is 2. The van der Waals surface area contributed by atoms with Crippen LogP contribution in [-0.2, 0) is 5.41 Å². The van der Waals surface area contributed by atoms with Gasteiger partial charge in [-0.2, -0.15) is 0 Å². The molecule has 1 aromatic heterocycles. The zero-order valence-corrected chi connectivity index (χ0v) is 17.4. The maximum atomic E-state index is 12.6. The number of nitrogens with one attached hydrogen (secondary N) is 1. The summed E-state index contributed by atoms with van der Waals surface area (Å²) in [6.45, 7) is 6.72. The molecule has 0 spiro atoms. The molecule has 1 aliphatic carbocycles. The number of hydrogen-bond donors (Lipinski definition) is 1. The van der Waals surface area contributed by atoms with E-state index in [2.05, 4.69) is 27.5 Å². The summed E-state index contributed by atoms with van der Waals surface area (Å²) in [6, 6.07) is 8.61. The average molecular weight is 402 g/mol. The van der Waals surface area contributed by atoms with Crippen LogP contribution < -0.4 is 5.32 Å². The number of carbonyl (C=O) groups is 1. The van der Waals surface area contributed by atoms with Crippen molar-refractivity contribution < 1.29 is 9.32 Å². The Balaban J connectivity index is 1.33. The molecule has 150 valence electrons. The van der Waals surface area contributed by atoms with Crippen molar-refractivity contribution in [1.82, 2.24) is 15.4 Å². The summed E-state index contributed by atoms with van der Waals surface area (Å²) in [5, 5.41) is 7.85. The molecule has 0 radical (unpaired) electrons. The molecule has 1 saturated heterocycles. The number of halogens is 1. The second-order valence-electron chi connectivity index (χ2n) is 8.36. The van der Waals surface area contributed by atoms with Gasteiger partial charge < -0.3 is 14.7 Å². The van der Waals surface area contributed by atoms with Crippen LogP contribution >= 0.6 is 11.6 Å². The van der Waals surface area contributed by atoms with E-state index in [-0.39, 0.29) is 17.4 Å². The molecule has 2 aromatic rings. The molecule has 1 aliphatic heterocycles. The van der Waals surface area contributed by atoms with E-state index in [4.69, 9.17) is 16.1 Å². The highest BCUT2D eigenvalue weighted by molar-refractivity contribution is 6.30. The summed E-state index contributed by atoms with van der Waals surface area (Å²) in [6.07, 6.45) is 5.75. The van der Waals surface area contributed by atoms with Crippen molar-refractivity contribution in [3.05, 3.63) is 51.9 Å². The first-order valence-electron chi connectivity index (χ1n) is 10.2. The van der Waals surface area contributed by atoms with Gasteiger partial charge in [0.25, 0.3) is 5.91 Å². The van der Waals surface area contributed by atoms with E-state index in [1.807, 2.05) is 19.1 Å². The Bertz CT molecular complexity index is 814. The Morgan fingerprint density at radius 2 is 1.93 bits per heavy atom. The predicted octanol–water partition coefficient (Wildman–Crippen LogP) is 4.26. The van der Waals surface area contributed by atoms with Gasteiger partial charge in [-0.3, -0.25) is 4.79 Å². The normalized spacial score (nSPS) is 20.0. The molecule has 2 fully saturated rings. The molecule has 1 amide bonds. The summed E-state index contributed by atoms with van der Waals surface area (Å²) in [5.74, 6) is 0.522. The maximum Gasteiger partial charge on any atom is 0.257 e. The Hall–Kier alpha value is -1.85. The van der Waals surface area contributed by atoms with Gasteiger partial charge in [-0.1, -0.05) is 35.3 Å². The van der Waals surface area contributed by atoms with Gasteiger partial charge in [0.2, 0.25) is 0 Å². The fourth-order valence-corrected chi connectivity index (χ4v) is 4.80. The van der Waals surface area contributed by atoms with Gasteiger partial charge >= 0.3 is 0 Å². The van der Waals surface area contributed by atoms with E-state index in [9.17, 15) is 4.79 Å². The monoisotopic (exact) mass is 401 g/mol. The Morgan fingerprint density at radius 3 is 2.46 bits per heavy atom. The third-order valence-electron chi connectivity index (χ3n) is 6.48. The molecule has 2 heterocycles. The molecule has 28 heavy (non-hydrogen) atoms. The van der Waals surface area contributed by atoms with Crippen LogP contribution in [0.3, 0.4) is 0 Å². The van der Waals surface area contributed by atoms with E-state index in [0.717, 1.165) is 37.5 Å². The number of nitrogens with zero attached hydrogens (tertiary/aromatic N) is 2. The number of piperidine rings is 1. The fourth-order valence-electron chi connectivity index (χ4n) is 4.67. The van der Waals surface area contributed by atoms with Crippen LogP contribution in [0.5, 0.6) is 0 Å². The standard InChI is InChI=1S/C22H28ClN3O2/c1-15-20(16(2)28-25-15)21(27)24-19-8-12-26(13-9-19)14-22(10-3-11-22)17-4-6-18(23)7-5-17/h4-7,19H,3,8-14H2,1-2H3,(H,24,27). The van der Waals surface area contributed by atoms with Crippen LogP contribution in [0.25, 0.3) is 0 Å². The minimum absolute atomic E-state index is 0.0636. The van der Waals surface area contributed by atoms with Crippen LogP contribution in [0, 0.1) is 13.8 Å². The zero-order chi connectivity index (χ0) is 19.7. The van der Waals surface area contributed by atoms with E-state index in [0.29, 0.717) is 17.0 Å². The number of rotatable bonds is 5. The van der Waals surface area contributed by atoms with E-state index >= 15 is 0 Å². The minimum atomic E-state index is -0.0636. The number of amides is 1. The van der Waals surface area contributed by atoms with Crippen LogP contribution in [0.15, 0.2) is 28.8 Å². The minimum Gasteiger partial charge on any atom is -0.361 e. The lowest BCUT2D eigenvalue weighted by Crippen LogP contribution is -2.51. The second-order valence-corrected chi connectivity index (χ2v) is 8.80. The highest BCUT2D eigenvalue weighted by atomic mass is 35.5. The van der Waals surface area contributed by atoms with Gasteiger partial charge in [0.05, 0.1) is 5.69 Å². The van der Waals surface area contributed by atoms with Gasteiger partial charge in [0.15, 0.2) is 0 Å². The summed E-state index contributed by atoms with van der Waals surface area (Å²) in [7, 11) is 0. The lowest BCUT2D eigenvalue weighted by atomic mass is 9.64. The summed E-state index contributed by atoms with van der Waals surface area (Å²) >= 11 is 6.07. The lowest BCUT2D eigenvalue weighted by molar-refractivity contribution is 0.0868. The second kappa shape index (κ2) is 7.88. The summed E-state index contributed by atoms with van der Waals surface area (Å²) in [5.41, 5.74) is 2.93. The maximum absolute atomic E-state index is 12.6. The van der Waals surface area contributed by atoms with Crippen molar-refractivity contribution in [1.29, 1.82) is 0 Å². The highest BCUT2D eigenvalue weighted by Gasteiger charge is 2.40. The van der Waals surface area contributed by atoms with E-state index in [1.165, 1.54) is 24.8 Å². The number of benzene rings is 1. The summed E-state index contributed by atoms with van der Waals surface area (Å²) in [4.78, 5) is 15.1. The molecule has 4 rings (SSSR count). The van der Waals surface area contributed by atoms with Crippen molar-refractivity contribution in [2.45, 2.75) is 57.4 Å².